The molecule has 0 aromatic carbocycles. The average molecular weight is 223 g/mol. The Labute approximate surface area is 94.5 Å². The second-order valence-corrected chi connectivity index (χ2v) is 4.24. The van der Waals surface area contributed by atoms with Crippen molar-refractivity contribution in [2.75, 3.05) is 13.2 Å². The Balaban J connectivity index is 2.17. The van der Waals surface area contributed by atoms with Crippen molar-refractivity contribution < 1.29 is 9.90 Å². The van der Waals surface area contributed by atoms with E-state index < -0.39 is 0 Å². The molecule has 1 fully saturated rings. The van der Waals surface area contributed by atoms with Gasteiger partial charge < -0.3 is 10.0 Å². The molecule has 1 unspecified atom stereocenters. The van der Waals surface area contributed by atoms with Gasteiger partial charge in [0.2, 0.25) is 0 Å². The summed E-state index contributed by atoms with van der Waals surface area (Å²) in [4.78, 5) is 14.0. The fourth-order valence-electron chi connectivity index (χ4n) is 2.18. The number of carbonyl (C=O) groups excluding carboxylic acids is 1. The van der Waals surface area contributed by atoms with Crippen molar-refractivity contribution in [2.45, 2.75) is 32.2 Å². The minimum atomic E-state index is -0.0319. The van der Waals surface area contributed by atoms with E-state index in [4.69, 9.17) is 0 Å². The van der Waals surface area contributed by atoms with Gasteiger partial charge in [-0.05, 0) is 26.2 Å². The van der Waals surface area contributed by atoms with Gasteiger partial charge in [0, 0.05) is 12.2 Å². The first-order valence-corrected chi connectivity index (χ1v) is 5.66. The number of amides is 1. The van der Waals surface area contributed by atoms with E-state index in [0.29, 0.717) is 5.56 Å². The first kappa shape index (κ1) is 11.1. The van der Waals surface area contributed by atoms with Crippen LogP contribution in [0.1, 0.15) is 35.3 Å². The number of aromatic amines is 1. The van der Waals surface area contributed by atoms with Crippen molar-refractivity contribution in [3.8, 4) is 0 Å². The number of H-pyrrole nitrogens is 1. The van der Waals surface area contributed by atoms with E-state index in [1.807, 2.05) is 6.92 Å². The van der Waals surface area contributed by atoms with Gasteiger partial charge in [-0.2, -0.15) is 5.10 Å². The molecule has 1 saturated heterocycles. The molecule has 1 aromatic heterocycles. The molecule has 0 radical (unpaired) electrons. The number of nitrogens with one attached hydrogen (secondary N) is 1. The summed E-state index contributed by atoms with van der Waals surface area (Å²) < 4.78 is 0. The Hall–Kier alpha value is -1.36. The van der Waals surface area contributed by atoms with Crippen LogP contribution in [0.4, 0.5) is 0 Å². The number of likely N-dealkylation sites (tertiary alicyclic amines) is 1. The SMILES string of the molecule is Cc1[nH]ncc1C(=O)N1CCCCC1CO. The average Bonchev–Trinajstić information content (AvgIpc) is 2.74. The van der Waals surface area contributed by atoms with Crippen molar-refractivity contribution in [1.29, 1.82) is 0 Å². The topological polar surface area (TPSA) is 69.2 Å². The van der Waals surface area contributed by atoms with Crippen molar-refractivity contribution in [1.82, 2.24) is 15.1 Å². The lowest BCUT2D eigenvalue weighted by atomic mass is 10.0. The summed E-state index contributed by atoms with van der Waals surface area (Å²) in [6, 6.07) is -0.0319. The standard InChI is InChI=1S/C11H17N3O2/c1-8-10(6-12-13-8)11(16)14-5-3-2-4-9(14)7-15/h6,9,15H,2-5,7H2,1H3,(H,12,13). The molecule has 88 valence electrons. The van der Waals surface area contributed by atoms with Crippen molar-refractivity contribution in [3.63, 3.8) is 0 Å². The summed E-state index contributed by atoms with van der Waals surface area (Å²) in [6.45, 7) is 2.61. The first-order valence-electron chi connectivity index (χ1n) is 5.66. The maximum absolute atomic E-state index is 12.2. The fraction of sp³-hybridized carbons (Fsp3) is 0.636. The van der Waals surface area contributed by atoms with Crippen LogP contribution in [0.2, 0.25) is 0 Å². The third-order valence-electron chi connectivity index (χ3n) is 3.16. The van der Waals surface area contributed by atoms with Crippen LogP contribution in [0.15, 0.2) is 6.20 Å². The maximum Gasteiger partial charge on any atom is 0.257 e. The highest BCUT2D eigenvalue weighted by molar-refractivity contribution is 5.95. The molecule has 0 spiro atoms. The summed E-state index contributed by atoms with van der Waals surface area (Å²) in [5.41, 5.74) is 1.40. The van der Waals surface area contributed by atoms with E-state index in [-0.39, 0.29) is 18.6 Å². The van der Waals surface area contributed by atoms with E-state index in [9.17, 15) is 9.90 Å². The molecule has 1 atom stereocenters. The van der Waals surface area contributed by atoms with E-state index in [1.54, 1.807) is 11.1 Å². The number of piperidine rings is 1. The number of aliphatic hydroxyl groups is 1. The van der Waals surface area contributed by atoms with Gasteiger partial charge in [0.1, 0.15) is 0 Å². The quantitative estimate of drug-likeness (QED) is 0.775. The van der Waals surface area contributed by atoms with Gasteiger partial charge in [-0.15, -0.1) is 0 Å². The van der Waals surface area contributed by atoms with Crippen molar-refractivity contribution >= 4 is 5.91 Å². The maximum atomic E-state index is 12.2. The largest absolute Gasteiger partial charge is 0.394 e. The number of hydrogen-bond donors (Lipinski definition) is 2. The summed E-state index contributed by atoms with van der Waals surface area (Å²) in [5.74, 6) is -0.0231. The molecule has 0 saturated carbocycles. The second kappa shape index (κ2) is 4.65. The Kier molecular flexibility index (Phi) is 3.24. The lowest BCUT2D eigenvalue weighted by molar-refractivity contribution is 0.0502. The van der Waals surface area contributed by atoms with Crippen LogP contribution in [0.25, 0.3) is 0 Å². The molecule has 0 bridgehead atoms. The van der Waals surface area contributed by atoms with Gasteiger partial charge in [0.25, 0.3) is 5.91 Å². The van der Waals surface area contributed by atoms with Crippen LogP contribution in [0.5, 0.6) is 0 Å². The Morgan fingerprint density at radius 1 is 1.69 bits per heavy atom. The van der Waals surface area contributed by atoms with Gasteiger partial charge in [-0.1, -0.05) is 0 Å². The predicted octanol–water partition coefficient (Wildman–Crippen LogP) is 0.705. The lowest BCUT2D eigenvalue weighted by Gasteiger charge is -2.34. The number of aliphatic hydroxyl groups excluding tert-OH is 1. The van der Waals surface area contributed by atoms with Gasteiger partial charge in [0.15, 0.2) is 0 Å². The number of nitrogens with zero attached hydrogens (tertiary/aromatic N) is 2. The molecule has 1 amide bonds. The minimum Gasteiger partial charge on any atom is -0.394 e. The number of aromatic nitrogens is 2. The summed E-state index contributed by atoms with van der Waals surface area (Å²) in [6.07, 6.45) is 4.54. The van der Waals surface area contributed by atoms with Crippen LogP contribution >= 0.6 is 0 Å². The van der Waals surface area contributed by atoms with Crippen LogP contribution in [0, 0.1) is 6.92 Å². The lowest BCUT2D eigenvalue weighted by Crippen LogP contribution is -2.45. The molecule has 2 rings (SSSR count). The summed E-state index contributed by atoms with van der Waals surface area (Å²) >= 11 is 0. The molecule has 1 aliphatic heterocycles. The highest BCUT2D eigenvalue weighted by Gasteiger charge is 2.28. The molecule has 5 heteroatoms. The molecule has 1 aromatic rings. The fourth-order valence-corrected chi connectivity index (χ4v) is 2.18. The molecule has 0 aliphatic carbocycles. The van der Waals surface area contributed by atoms with Crippen LogP contribution in [-0.2, 0) is 0 Å². The molecule has 2 N–H and O–H groups in total. The zero-order valence-electron chi connectivity index (χ0n) is 9.44. The number of carbonyl (C=O) groups is 1. The third-order valence-corrected chi connectivity index (χ3v) is 3.16. The zero-order valence-corrected chi connectivity index (χ0v) is 9.44. The zero-order chi connectivity index (χ0) is 11.5. The minimum absolute atomic E-state index is 0.0231. The van der Waals surface area contributed by atoms with Crippen LogP contribution < -0.4 is 0 Å². The van der Waals surface area contributed by atoms with Gasteiger partial charge >= 0.3 is 0 Å². The van der Waals surface area contributed by atoms with Gasteiger partial charge in [0.05, 0.1) is 24.4 Å². The third kappa shape index (κ3) is 1.95. The molecule has 5 nitrogen and oxygen atoms in total. The van der Waals surface area contributed by atoms with Crippen molar-refractivity contribution in [2.24, 2.45) is 0 Å². The Morgan fingerprint density at radius 3 is 3.12 bits per heavy atom. The number of hydrogen-bond acceptors (Lipinski definition) is 3. The highest BCUT2D eigenvalue weighted by Crippen LogP contribution is 2.19. The van der Waals surface area contributed by atoms with E-state index in [2.05, 4.69) is 10.2 Å². The first-order chi connectivity index (χ1) is 7.74. The Morgan fingerprint density at radius 2 is 2.50 bits per heavy atom. The van der Waals surface area contributed by atoms with E-state index in [1.165, 1.54) is 0 Å². The number of rotatable bonds is 2. The normalized spacial score (nSPS) is 21.1. The smallest absolute Gasteiger partial charge is 0.257 e. The van der Waals surface area contributed by atoms with Gasteiger partial charge in [-0.3, -0.25) is 9.89 Å². The van der Waals surface area contributed by atoms with Crippen LogP contribution in [0.3, 0.4) is 0 Å². The number of aryl methyl sites for hydroxylation is 1. The second-order valence-electron chi connectivity index (χ2n) is 4.24. The monoisotopic (exact) mass is 223 g/mol. The van der Waals surface area contributed by atoms with E-state index >= 15 is 0 Å². The van der Waals surface area contributed by atoms with Crippen LogP contribution in [-0.4, -0.2) is 45.3 Å². The molecular formula is C11H17N3O2. The predicted molar refractivity (Wildman–Crippen MR) is 59.1 cm³/mol. The highest BCUT2D eigenvalue weighted by atomic mass is 16.3. The summed E-state index contributed by atoms with van der Waals surface area (Å²) in [5, 5.41) is 15.9. The van der Waals surface area contributed by atoms with E-state index in [0.717, 1.165) is 31.5 Å². The summed E-state index contributed by atoms with van der Waals surface area (Å²) in [7, 11) is 0. The van der Waals surface area contributed by atoms with Crippen molar-refractivity contribution in [3.05, 3.63) is 17.5 Å². The molecule has 2 heterocycles. The Bertz CT molecular complexity index is 375. The molecular weight excluding hydrogens is 206 g/mol. The molecule has 1 aliphatic rings. The molecule has 16 heavy (non-hydrogen) atoms. The van der Waals surface area contributed by atoms with Gasteiger partial charge in [-0.25, -0.2) is 0 Å².